The molecule has 6 heteroatoms. The minimum absolute atomic E-state index is 0. The van der Waals surface area contributed by atoms with Gasteiger partial charge in [-0.25, -0.2) is 0 Å². The third kappa shape index (κ3) is 4.56. The summed E-state index contributed by atoms with van der Waals surface area (Å²) in [6, 6.07) is 16.3. The normalized spacial score (nSPS) is 17.5. The summed E-state index contributed by atoms with van der Waals surface area (Å²) in [5.74, 6) is 1.59. The molecule has 1 atom stereocenters. The molecule has 0 saturated carbocycles. The number of benzene rings is 2. The zero-order valence-electron chi connectivity index (χ0n) is 12.9. The number of halogens is 2. The first-order chi connectivity index (χ1) is 11.1. The molecule has 1 aliphatic rings. The van der Waals surface area contributed by atoms with Crippen molar-refractivity contribution in [1.29, 1.82) is 5.41 Å². The van der Waals surface area contributed by atoms with Crippen LogP contribution in [0.1, 0.15) is 23.7 Å². The van der Waals surface area contributed by atoms with Crippen LogP contribution in [0.25, 0.3) is 5.57 Å². The van der Waals surface area contributed by atoms with Crippen LogP contribution in [0, 0.1) is 5.41 Å². The molecule has 0 radical (unpaired) electrons. The predicted octanol–water partition coefficient (Wildman–Crippen LogP) is 5.40. The van der Waals surface area contributed by atoms with Gasteiger partial charge in [0.15, 0.2) is 5.17 Å². The molecule has 3 rings (SSSR count). The van der Waals surface area contributed by atoms with Crippen LogP contribution >= 0.6 is 40.1 Å². The molecule has 0 saturated heterocycles. The second-order valence-corrected chi connectivity index (χ2v) is 7.24. The first-order valence-corrected chi connectivity index (χ1v) is 9.08. The molecule has 3 nitrogen and oxygen atoms in total. The molecule has 0 aliphatic carbocycles. The van der Waals surface area contributed by atoms with E-state index >= 15 is 0 Å². The zero-order valence-corrected chi connectivity index (χ0v) is 16.1. The fourth-order valence-corrected chi connectivity index (χ4v) is 3.46. The third-order valence-electron chi connectivity index (χ3n) is 3.70. The van der Waals surface area contributed by atoms with Gasteiger partial charge in [-0.3, -0.25) is 5.41 Å². The van der Waals surface area contributed by atoms with E-state index in [4.69, 9.17) is 15.9 Å². The van der Waals surface area contributed by atoms with E-state index in [1.807, 2.05) is 30.3 Å². The van der Waals surface area contributed by atoms with E-state index in [9.17, 15) is 0 Å². The molecule has 126 valence electrons. The Labute approximate surface area is 160 Å². The van der Waals surface area contributed by atoms with Crippen LogP contribution < -0.4 is 10.5 Å². The molecular formula is C18H18BrClN2OS. The summed E-state index contributed by atoms with van der Waals surface area (Å²) in [4.78, 5) is 0. The minimum Gasteiger partial charge on any atom is -0.485 e. The Bertz CT molecular complexity index is 752. The molecule has 2 aromatic rings. The number of fused-ring (bicyclic) bond motifs is 1. The van der Waals surface area contributed by atoms with Gasteiger partial charge in [0.25, 0.3) is 0 Å². The van der Waals surface area contributed by atoms with Gasteiger partial charge in [-0.05, 0) is 29.3 Å². The highest BCUT2D eigenvalue weighted by molar-refractivity contribution is 9.10. The number of hydrogen-bond acceptors (Lipinski definition) is 3. The smallest absolute Gasteiger partial charge is 0.151 e. The van der Waals surface area contributed by atoms with Gasteiger partial charge in [0.2, 0.25) is 0 Å². The van der Waals surface area contributed by atoms with Crippen molar-refractivity contribution in [3.05, 3.63) is 70.2 Å². The topological polar surface area (TPSA) is 59.1 Å². The highest BCUT2D eigenvalue weighted by atomic mass is 79.9. The van der Waals surface area contributed by atoms with Gasteiger partial charge in [0.1, 0.15) is 11.9 Å². The second kappa shape index (κ2) is 8.60. The highest BCUT2D eigenvalue weighted by Crippen LogP contribution is 2.42. The van der Waals surface area contributed by atoms with Crippen LogP contribution in [0.15, 0.2) is 59.1 Å². The van der Waals surface area contributed by atoms with Gasteiger partial charge >= 0.3 is 0 Å². The number of nitrogens with two attached hydrogens (primary N) is 1. The number of amidine groups is 1. The molecule has 0 spiro atoms. The van der Waals surface area contributed by atoms with E-state index < -0.39 is 0 Å². The lowest BCUT2D eigenvalue weighted by Gasteiger charge is -2.29. The van der Waals surface area contributed by atoms with Gasteiger partial charge in [-0.2, -0.15) is 0 Å². The summed E-state index contributed by atoms with van der Waals surface area (Å²) >= 11 is 4.86. The molecule has 0 amide bonds. The van der Waals surface area contributed by atoms with Crippen LogP contribution in [-0.2, 0) is 0 Å². The van der Waals surface area contributed by atoms with E-state index in [-0.39, 0.29) is 23.7 Å². The summed E-state index contributed by atoms with van der Waals surface area (Å²) in [5.41, 5.74) is 8.94. The predicted molar refractivity (Wildman–Crippen MR) is 108 cm³/mol. The highest BCUT2D eigenvalue weighted by Gasteiger charge is 2.24. The van der Waals surface area contributed by atoms with Crippen LogP contribution in [0.4, 0.5) is 0 Å². The number of rotatable bonds is 3. The maximum atomic E-state index is 7.34. The molecule has 2 aromatic carbocycles. The van der Waals surface area contributed by atoms with Crippen molar-refractivity contribution in [1.82, 2.24) is 0 Å². The first kappa shape index (κ1) is 18.9. The molecule has 0 fully saturated rings. The Kier molecular flexibility index (Phi) is 6.78. The SMILES string of the molecule is Cl.N=C(N)SCC=C1CC(c2ccccc2)Oc2ccc(Br)cc21. The van der Waals surface area contributed by atoms with E-state index in [0.717, 1.165) is 22.2 Å². The van der Waals surface area contributed by atoms with Crippen molar-refractivity contribution in [2.75, 3.05) is 5.75 Å². The number of hydrogen-bond donors (Lipinski definition) is 2. The summed E-state index contributed by atoms with van der Waals surface area (Å²) in [7, 11) is 0. The number of thioether (sulfide) groups is 1. The summed E-state index contributed by atoms with van der Waals surface area (Å²) < 4.78 is 7.23. The average Bonchev–Trinajstić information content (AvgIpc) is 2.55. The van der Waals surface area contributed by atoms with Gasteiger partial charge in [-0.1, -0.05) is 64.1 Å². The lowest BCUT2D eigenvalue weighted by Crippen LogP contribution is -2.15. The van der Waals surface area contributed by atoms with Crippen molar-refractivity contribution in [2.45, 2.75) is 12.5 Å². The lowest BCUT2D eigenvalue weighted by molar-refractivity contribution is 0.202. The van der Waals surface area contributed by atoms with E-state index in [1.54, 1.807) is 0 Å². The quantitative estimate of drug-likeness (QED) is 0.511. The molecule has 24 heavy (non-hydrogen) atoms. The first-order valence-electron chi connectivity index (χ1n) is 7.31. The molecule has 0 bridgehead atoms. The van der Waals surface area contributed by atoms with Crippen molar-refractivity contribution in [2.24, 2.45) is 5.73 Å². The lowest BCUT2D eigenvalue weighted by atomic mass is 9.92. The maximum absolute atomic E-state index is 7.34. The molecular weight excluding hydrogens is 408 g/mol. The Morgan fingerprint density at radius 2 is 2.04 bits per heavy atom. The second-order valence-electron chi connectivity index (χ2n) is 5.27. The summed E-state index contributed by atoms with van der Waals surface area (Å²) in [5, 5.41) is 7.49. The zero-order chi connectivity index (χ0) is 16.2. The van der Waals surface area contributed by atoms with Gasteiger partial charge in [0, 0.05) is 22.2 Å². The van der Waals surface area contributed by atoms with Crippen molar-refractivity contribution >= 4 is 50.8 Å². The third-order valence-corrected chi connectivity index (χ3v) is 4.84. The fourth-order valence-electron chi connectivity index (χ4n) is 2.64. The van der Waals surface area contributed by atoms with Crippen molar-refractivity contribution in [3.63, 3.8) is 0 Å². The molecule has 1 heterocycles. The van der Waals surface area contributed by atoms with Crippen LogP contribution in [-0.4, -0.2) is 10.9 Å². The Balaban J connectivity index is 0.00000208. The van der Waals surface area contributed by atoms with Gasteiger partial charge < -0.3 is 10.5 Å². The molecule has 3 N–H and O–H groups in total. The largest absolute Gasteiger partial charge is 0.485 e. The summed E-state index contributed by atoms with van der Waals surface area (Å²) in [6.45, 7) is 0. The maximum Gasteiger partial charge on any atom is 0.151 e. The Morgan fingerprint density at radius 1 is 1.29 bits per heavy atom. The van der Waals surface area contributed by atoms with Crippen molar-refractivity contribution < 1.29 is 4.74 Å². The van der Waals surface area contributed by atoms with Crippen molar-refractivity contribution in [3.8, 4) is 5.75 Å². The molecule has 1 unspecified atom stereocenters. The van der Waals surface area contributed by atoms with Crippen LogP contribution in [0.2, 0.25) is 0 Å². The van der Waals surface area contributed by atoms with E-state index in [2.05, 4.69) is 40.2 Å². The van der Waals surface area contributed by atoms with Crippen LogP contribution in [0.5, 0.6) is 5.75 Å². The van der Waals surface area contributed by atoms with E-state index in [1.165, 1.54) is 22.9 Å². The molecule has 0 aromatic heterocycles. The standard InChI is InChI=1S/C18H17BrN2OS.ClH/c19-14-6-7-16-15(11-14)13(8-9-23-18(20)21)10-17(22-16)12-4-2-1-3-5-12;/h1-8,11,17H,9-10H2,(H3,20,21);1H. The average molecular weight is 426 g/mol. The van der Waals surface area contributed by atoms with E-state index in [0.29, 0.717) is 5.75 Å². The number of ether oxygens (including phenoxy) is 1. The van der Waals surface area contributed by atoms with Gasteiger partial charge in [0.05, 0.1) is 0 Å². The number of nitrogens with one attached hydrogen (secondary N) is 1. The molecule has 1 aliphatic heterocycles. The Morgan fingerprint density at radius 3 is 2.75 bits per heavy atom. The minimum atomic E-state index is 0. The van der Waals surface area contributed by atoms with Gasteiger partial charge in [-0.15, -0.1) is 12.4 Å². The fraction of sp³-hybridized carbons (Fsp3) is 0.167. The monoisotopic (exact) mass is 424 g/mol. The summed E-state index contributed by atoms with van der Waals surface area (Å²) in [6.07, 6.45) is 2.97. The van der Waals surface area contributed by atoms with Crippen LogP contribution in [0.3, 0.4) is 0 Å². The Hall–Kier alpha value is -1.43.